The SMILES string of the molecule is O=C(O)CCCc1nnc2n1CCC2. The fourth-order valence-corrected chi connectivity index (χ4v) is 1.79. The lowest BCUT2D eigenvalue weighted by atomic mass is 10.2. The quantitative estimate of drug-likeness (QED) is 0.765. The summed E-state index contributed by atoms with van der Waals surface area (Å²) in [6.07, 6.45) is 3.72. The standard InChI is InChI=1S/C9H13N3O2/c13-9(14)5-1-3-7-10-11-8-4-2-6-12(7)8/h1-6H2,(H,13,14). The summed E-state index contributed by atoms with van der Waals surface area (Å²) in [5.74, 6) is 1.25. The molecule has 76 valence electrons. The highest BCUT2D eigenvalue weighted by Crippen LogP contribution is 2.15. The molecule has 1 aromatic rings. The highest BCUT2D eigenvalue weighted by atomic mass is 16.4. The summed E-state index contributed by atoms with van der Waals surface area (Å²) in [5, 5.41) is 16.6. The first-order valence-electron chi connectivity index (χ1n) is 4.90. The van der Waals surface area contributed by atoms with E-state index in [9.17, 15) is 4.79 Å². The van der Waals surface area contributed by atoms with Crippen molar-refractivity contribution in [3.05, 3.63) is 11.6 Å². The van der Waals surface area contributed by atoms with E-state index in [1.807, 2.05) is 0 Å². The minimum atomic E-state index is -0.744. The summed E-state index contributed by atoms with van der Waals surface area (Å²) >= 11 is 0. The number of rotatable bonds is 4. The number of aliphatic carboxylic acids is 1. The molecule has 5 nitrogen and oxygen atoms in total. The fourth-order valence-electron chi connectivity index (χ4n) is 1.79. The Labute approximate surface area is 81.8 Å². The maximum Gasteiger partial charge on any atom is 0.303 e. The minimum absolute atomic E-state index is 0.211. The lowest BCUT2D eigenvalue weighted by Crippen LogP contribution is -2.03. The molecule has 2 heterocycles. The average molecular weight is 195 g/mol. The van der Waals surface area contributed by atoms with Gasteiger partial charge in [-0.15, -0.1) is 10.2 Å². The Bertz CT molecular complexity index is 346. The number of aryl methyl sites for hydroxylation is 2. The molecule has 1 N–H and O–H groups in total. The lowest BCUT2D eigenvalue weighted by Gasteiger charge is -2.00. The molecular weight excluding hydrogens is 182 g/mol. The van der Waals surface area contributed by atoms with Crippen LogP contribution in [0, 0.1) is 0 Å². The van der Waals surface area contributed by atoms with Crippen LogP contribution >= 0.6 is 0 Å². The summed E-state index contributed by atoms with van der Waals surface area (Å²) in [6, 6.07) is 0. The molecule has 0 saturated heterocycles. The van der Waals surface area contributed by atoms with E-state index in [4.69, 9.17) is 5.11 Å². The highest BCUT2D eigenvalue weighted by Gasteiger charge is 2.16. The van der Waals surface area contributed by atoms with Gasteiger partial charge in [-0.3, -0.25) is 4.79 Å². The van der Waals surface area contributed by atoms with E-state index in [0.29, 0.717) is 6.42 Å². The van der Waals surface area contributed by atoms with Crippen LogP contribution in [0.3, 0.4) is 0 Å². The van der Waals surface area contributed by atoms with Crippen molar-refractivity contribution in [1.29, 1.82) is 0 Å². The molecular formula is C9H13N3O2. The van der Waals surface area contributed by atoms with Crippen molar-refractivity contribution < 1.29 is 9.90 Å². The summed E-state index contributed by atoms with van der Waals surface area (Å²) in [7, 11) is 0. The van der Waals surface area contributed by atoms with Crippen LogP contribution < -0.4 is 0 Å². The molecule has 1 aliphatic heterocycles. The fraction of sp³-hybridized carbons (Fsp3) is 0.667. The summed E-state index contributed by atoms with van der Waals surface area (Å²) in [4.78, 5) is 10.3. The molecule has 0 unspecified atom stereocenters. The zero-order chi connectivity index (χ0) is 9.97. The molecule has 14 heavy (non-hydrogen) atoms. The number of carboxylic acid groups (broad SMARTS) is 1. The van der Waals surface area contributed by atoms with Crippen LogP contribution in [0.1, 0.15) is 30.9 Å². The third kappa shape index (κ3) is 1.76. The molecule has 2 rings (SSSR count). The van der Waals surface area contributed by atoms with Crippen molar-refractivity contribution in [2.24, 2.45) is 0 Å². The van der Waals surface area contributed by atoms with Crippen molar-refractivity contribution in [3.63, 3.8) is 0 Å². The summed E-state index contributed by atoms with van der Waals surface area (Å²) in [5.41, 5.74) is 0. The number of aromatic nitrogens is 3. The van der Waals surface area contributed by atoms with Crippen LogP contribution in [0.15, 0.2) is 0 Å². The Balaban J connectivity index is 1.93. The minimum Gasteiger partial charge on any atom is -0.481 e. The molecule has 1 aromatic heterocycles. The first-order valence-corrected chi connectivity index (χ1v) is 4.90. The van der Waals surface area contributed by atoms with Crippen LogP contribution in [-0.2, 0) is 24.2 Å². The molecule has 0 aromatic carbocycles. The predicted octanol–water partition coefficient (Wildman–Crippen LogP) is 0.632. The molecule has 0 radical (unpaired) electrons. The molecule has 0 amide bonds. The Morgan fingerprint density at radius 2 is 2.36 bits per heavy atom. The lowest BCUT2D eigenvalue weighted by molar-refractivity contribution is -0.137. The monoisotopic (exact) mass is 195 g/mol. The molecule has 1 aliphatic rings. The van der Waals surface area contributed by atoms with Gasteiger partial charge in [0.25, 0.3) is 0 Å². The van der Waals surface area contributed by atoms with Gasteiger partial charge in [-0.25, -0.2) is 0 Å². The number of hydrogen-bond donors (Lipinski definition) is 1. The van der Waals surface area contributed by atoms with Crippen molar-refractivity contribution >= 4 is 5.97 Å². The number of carboxylic acids is 1. The van der Waals surface area contributed by atoms with E-state index >= 15 is 0 Å². The van der Waals surface area contributed by atoms with Crippen molar-refractivity contribution in [2.45, 2.75) is 38.6 Å². The van der Waals surface area contributed by atoms with E-state index in [1.54, 1.807) is 0 Å². The van der Waals surface area contributed by atoms with E-state index in [2.05, 4.69) is 14.8 Å². The maximum absolute atomic E-state index is 10.3. The second-order valence-electron chi connectivity index (χ2n) is 3.53. The van der Waals surface area contributed by atoms with E-state index in [-0.39, 0.29) is 6.42 Å². The summed E-state index contributed by atoms with van der Waals surface area (Å²) < 4.78 is 2.11. The Morgan fingerprint density at radius 1 is 1.50 bits per heavy atom. The van der Waals surface area contributed by atoms with Gasteiger partial charge in [-0.2, -0.15) is 0 Å². The van der Waals surface area contributed by atoms with Gasteiger partial charge in [0.2, 0.25) is 0 Å². The first kappa shape index (κ1) is 9.18. The molecule has 0 aliphatic carbocycles. The van der Waals surface area contributed by atoms with Crippen LogP contribution in [0.5, 0.6) is 0 Å². The van der Waals surface area contributed by atoms with Gasteiger partial charge in [0.15, 0.2) is 0 Å². The Kier molecular flexibility index (Phi) is 2.47. The topological polar surface area (TPSA) is 68.0 Å². The third-order valence-corrected chi connectivity index (χ3v) is 2.48. The highest BCUT2D eigenvalue weighted by molar-refractivity contribution is 5.66. The third-order valence-electron chi connectivity index (χ3n) is 2.48. The molecule has 5 heteroatoms. The van der Waals surface area contributed by atoms with Crippen molar-refractivity contribution in [2.75, 3.05) is 0 Å². The predicted molar refractivity (Wildman–Crippen MR) is 48.9 cm³/mol. The average Bonchev–Trinajstić information content (AvgIpc) is 2.67. The number of carbonyl (C=O) groups is 1. The van der Waals surface area contributed by atoms with E-state index in [0.717, 1.165) is 37.5 Å². The molecule has 0 atom stereocenters. The van der Waals surface area contributed by atoms with Crippen molar-refractivity contribution in [3.8, 4) is 0 Å². The molecule has 0 spiro atoms. The normalized spacial score (nSPS) is 14.3. The van der Waals surface area contributed by atoms with Gasteiger partial charge >= 0.3 is 5.97 Å². The second-order valence-corrected chi connectivity index (χ2v) is 3.53. The van der Waals surface area contributed by atoms with Gasteiger partial charge in [-0.05, 0) is 12.8 Å². The number of fused-ring (bicyclic) bond motifs is 1. The van der Waals surface area contributed by atoms with E-state index in [1.165, 1.54) is 0 Å². The maximum atomic E-state index is 10.3. The second kappa shape index (κ2) is 3.77. The zero-order valence-corrected chi connectivity index (χ0v) is 7.94. The van der Waals surface area contributed by atoms with E-state index < -0.39 is 5.97 Å². The number of hydrogen-bond acceptors (Lipinski definition) is 3. The zero-order valence-electron chi connectivity index (χ0n) is 7.94. The van der Waals surface area contributed by atoms with Crippen LogP contribution in [-0.4, -0.2) is 25.8 Å². The largest absolute Gasteiger partial charge is 0.481 e. The molecule has 0 fully saturated rings. The molecule has 0 saturated carbocycles. The van der Waals surface area contributed by atoms with Crippen LogP contribution in [0.4, 0.5) is 0 Å². The van der Waals surface area contributed by atoms with Gasteiger partial charge in [0.1, 0.15) is 11.6 Å². The molecule has 0 bridgehead atoms. The first-order chi connectivity index (χ1) is 6.77. The van der Waals surface area contributed by atoms with Crippen LogP contribution in [0.2, 0.25) is 0 Å². The smallest absolute Gasteiger partial charge is 0.303 e. The Hall–Kier alpha value is -1.39. The summed E-state index contributed by atoms with van der Waals surface area (Å²) in [6.45, 7) is 0.991. The van der Waals surface area contributed by atoms with Gasteiger partial charge < -0.3 is 9.67 Å². The van der Waals surface area contributed by atoms with Gasteiger partial charge in [-0.1, -0.05) is 0 Å². The Morgan fingerprint density at radius 3 is 3.14 bits per heavy atom. The van der Waals surface area contributed by atoms with Crippen LogP contribution in [0.25, 0.3) is 0 Å². The van der Waals surface area contributed by atoms with Gasteiger partial charge in [0, 0.05) is 25.8 Å². The van der Waals surface area contributed by atoms with Crippen molar-refractivity contribution in [1.82, 2.24) is 14.8 Å². The van der Waals surface area contributed by atoms with Gasteiger partial charge in [0.05, 0.1) is 0 Å². The number of nitrogens with zero attached hydrogens (tertiary/aromatic N) is 3.